The van der Waals surface area contributed by atoms with Gasteiger partial charge in [-0.3, -0.25) is 9.59 Å². The van der Waals surface area contributed by atoms with Crippen molar-refractivity contribution in [1.82, 2.24) is 10.3 Å². The van der Waals surface area contributed by atoms with Crippen molar-refractivity contribution in [1.29, 1.82) is 0 Å². The maximum absolute atomic E-state index is 15.2. The van der Waals surface area contributed by atoms with Gasteiger partial charge in [0.1, 0.15) is 23.5 Å². The molecular formula is C28H31ClFN4O3P. The van der Waals surface area contributed by atoms with Gasteiger partial charge < -0.3 is 20.1 Å². The maximum Gasteiger partial charge on any atom is 0.253 e. The number of carbonyl (C=O) groups excluding carboxylic acids is 2. The number of hydrogen-bond acceptors (Lipinski definition) is 5. The summed E-state index contributed by atoms with van der Waals surface area (Å²) in [7, 11) is -1.13. The van der Waals surface area contributed by atoms with Crippen LogP contribution in [0.15, 0.2) is 54.7 Å². The highest BCUT2D eigenvalue weighted by Crippen LogP contribution is 2.43. The van der Waals surface area contributed by atoms with E-state index in [0.717, 1.165) is 11.1 Å². The van der Waals surface area contributed by atoms with E-state index >= 15 is 4.39 Å². The minimum atomic E-state index is -2.62. The molecule has 2 heterocycles. The standard InChI is InChI=1S/C28H31ClFN4O3P/c1-17(2)19-8-6-7-9-21(19)28(27(36)33-23-14-32-25(29)13-20(23)26(35)31-3)15-34(16-28)24-11-10-18(12-22(24)30)38(4,5)37/h6-14,17H,15-16H2,1-5H3,(H,31,35)(H,33,36). The van der Waals surface area contributed by atoms with Crippen molar-refractivity contribution in [3.05, 3.63) is 82.4 Å². The van der Waals surface area contributed by atoms with Gasteiger partial charge in [0.25, 0.3) is 5.91 Å². The van der Waals surface area contributed by atoms with E-state index in [0.29, 0.717) is 11.0 Å². The Bertz CT molecular complexity index is 1450. The SMILES string of the molecule is CNC(=O)c1cc(Cl)ncc1NC(=O)C1(c2ccccc2C(C)C)CN(c2ccc(P(C)(C)=O)cc2F)C1. The van der Waals surface area contributed by atoms with Crippen LogP contribution in [0.2, 0.25) is 5.15 Å². The molecule has 2 amide bonds. The van der Waals surface area contributed by atoms with Crippen molar-refractivity contribution >= 4 is 47.2 Å². The van der Waals surface area contributed by atoms with Gasteiger partial charge in [0.05, 0.1) is 23.1 Å². The van der Waals surface area contributed by atoms with Crippen molar-refractivity contribution in [3.8, 4) is 0 Å². The van der Waals surface area contributed by atoms with Crippen LogP contribution in [0.25, 0.3) is 0 Å². The number of rotatable bonds is 7. The molecule has 7 nitrogen and oxygen atoms in total. The largest absolute Gasteiger partial charge is 0.366 e. The van der Waals surface area contributed by atoms with Gasteiger partial charge in [-0.05, 0) is 54.6 Å². The smallest absolute Gasteiger partial charge is 0.253 e. The van der Waals surface area contributed by atoms with Crippen molar-refractivity contribution in [3.63, 3.8) is 0 Å². The molecule has 2 aromatic carbocycles. The average molecular weight is 557 g/mol. The second-order valence-electron chi connectivity index (χ2n) is 10.3. The fraction of sp³-hybridized carbons (Fsp3) is 0.321. The van der Waals surface area contributed by atoms with Crippen molar-refractivity contribution in [2.75, 3.05) is 43.7 Å². The van der Waals surface area contributed by atoms with Gasteiger partial charge in [-0.2, -0.15) is 0 Å². The van der Waals surface area contributed by atoms with Crippen LogP contribution in [0.3, 0.4) is 0 Å². The van der Waals surface area contributed by atoms with E-state index in [9.17, 15) is 14.2 Å². The summed E-state index contributed by atoms with van der Waals surface area (Å²) in [4.78, 5) is 32.3. The molecule has 1 fully saturated rings. The van der Waals surface area contributed by atoms with Crippen LogP contribution >= 0.6 is 18.7 Å². The fourth-order valence-electron chi connectivity index (χ4n) is 4.83. The van der Waals surface area contributed by atoms with Crippen LogP contribution in [-0.4, -0.2) is 50.3 Å². The summed E-state index contributed by atoms with van der Waals surface area (Å²) in [6.45, 7) is 7.74. The number of anilines is 2. The predicted octanol–water partition coefficient (Wildman–Crippen LogP) is 5.00. The lowest BCUT2D eigenvalue weighted by atomic mass is 9.69. The highest BCUT2D eigenvalue weighted by atomic mass is 35.5. The Morgan fingerprint density at radius 2 is 1.82 bits per heavy atom. The first-order valence-electron chi connectivity index (χ1n) is 12.3. The summed E-state index contributed by atoms with van der Waals surface area (Å²) >= 11 is 6.01. The normalized spacial score (nSPS) is 14.7. The number of benzene rings is 2. The Hall–Kier alpha value is -3.22. The first-order chi connectivity index (χ1) is 17.9. The third-order valence-corrected chi connectivity index (χ3v) is 8.67. The van der Waals surface area contributed by atoms with E-state index in [1.807, 2.05) is 24.3 Å². The summed E-state index contributed by atoms with van der Waals surface area (Å²) in [6.07, 6.45) is 1.36. The number of nitrogens with zero attached hydrogens (tertiary/aromatic N) is 2. The van der Waals surface area contributed by atoms with Gasteiger partial charge in [-0.25, -0.2) is 9.37 Å². The Morgan fingerprint density at radius 3 is 2.42 bits per heavy atom. The van der Waals surface area contributed by atoms with Crippen molar-refractivity contribution in [2.45, 2.75) is 25.2 Å². The molecule has 3 aromatic rings. The number of halogens is 2. The summed E-state index contributed by atoms with van der Waals surface area (Å²) in [6, 6.07) is 13.7. The zero-order valence-corrected chi connectivity index (χ0v) is 23.7. The minimum Gasteiger partial charge on any atom is -0.366 e. The summed E-state index contributed by atoms with van der Waals surface area (Å²) < 4.78 is 27.6. The fourth-order valence-corrected chi connectivity index (χ4v) is 5.85. The van der Waals surface area contributed by atoms with Crippen molar-refractivity contribution in [2.24, 2.45) is 0 Å². The number of carbonyl (C=O) groups is 2. The van der Waals surface area contributed by atoms with Crippen LogP contribution < -0.4 is 20.8 Å². The van der Waals surface area contributed by atoms with Gasteiger partial charge in [0.15, 0.2) is 0 Å². The number of amides is 2. The van der Waals surface area contributed by atoms with Crippen LogP contribution in [0, 0.1) is 5.82 Å². The molecule has 0 aliphatic carbocycles. The third kappa shape index (κ3) is 5.20. The molecule has 0 atom stereocenters. The van der Waals surface area contributed by atoms with E-state index in [-0.39, 0.29) is 41.3 Å². The van der Waals surface area contributed by atoms with E-state index in [2.05, 4.69) is 29.5 Å². The Kier molecular flexibility index (Phi) is 7.69. The van der Waals surface area contributed by atoms with Gasteiger partial charge in [-0.15, -0.1) is 0 Å². The summed E-state index contributed by atoms with van der Waals surface area (Å²) in [5.74, 6) is -1.09. The number of aromatic nitrogens is 1. The Balaban J connectivity index is 1.74. The monoisotopic (exact) mass is 556 g/mol. The molecule has 1 aliphatic heterocycles. The van der Waals surface area contributed by atoms with Gasteiger partial charge in [0.2, 0.25) is 5.91 Å². The van der Waals surface area contributed by atoms with Gasteiger partial charge >= 0.3 is 0 Å². The molecule has 200 valence electrons. The molecule has 1 aromatic heterocycles. The molecule has 1 aliphatic rings. The molecule has 0 saturated carbocycles. The first-order valence-corrected chi connectivity index (χ1v) is 15.2. The first kappa shape index (κ1) is 27.8. The number of nitrogens with one attached hydrogen (secondary N) is 2. The van der Waals surface area contributed by atoms with Crippen LogP contribution in [0.5, 0.6) is 0 Å². The van der Waals surface area contributed by atoms with E-state index in [1.165, 1.54) is 25.4 Å². The van der Waals surface area contributed by atoms with Crippen LogP contribution in [0.1, 0.15) is 41.3 Å². The molecule has 10 heteroatoms. The molecule has 0 spiro atoms. The average Bonchev–Trinajstić information content (AvgIpc) is 2.84. The second kappa shape index (κ2) is 10.5. The third-order valence-electron chi connectivity index (χ3n) is 6.94. The number of hydrogen-bond donors (Lipinski definition) is 2. The zero-order chi connectivity index (χ0) is 27.8. The van der Waals surface area contributed by atoms with Crippen molar-refractivity contribution < 1.29 is 18.5 Å². The number of pyridine rings is 1. The molecule has 0 bridgehead atoms. The van der Waals surface area contributed by atoms with E-state index in [1.54, 1.807) is 30.4 Å². The second-order valence-corrected chi connectivity index (χ2v) is 13.9. The zero-order valence-electron chi connectivity index (χ0n) is 22.0. The van der Waals surface area contributed by atoms with Gasteiger partial charge in [-0.1, -0.05) is 49.7 Å². The summed E-state index contributed by atoms with van der Waals surface area (Å²) in [5, 5.41) is 6.03. The molecule has 0 unspecified atom stereocenters. The highest BCUT2D eigenvalue weighted by molar-refractivity contribution is 7.70. The van der Waals surface area contributed by atoms with E-state index < -0.39 is 24.3 Å². The maximum atomic E-state index is 15.2. The lowest BCUT2D eigenvalue weighted by molar-refractivity contribution is -0.122. The van der Waals surface area contributed by atoms with Gasteiger partial charge in [0, 0.05) is 25.4 Å². The lowest BCUT2D eigenvalue weighted by Gasteiger charge is -2.51. The Morgan fingerprint density at radius 1 is 1.13 bits per heavy atom. The minimum absolute atomic E-state index is 0.124. The topological polar surface area (TPSA) is 91.4 Å². The lowest BCUT2D eigenvalue weighted by Crippen LogP contribution is -2.66. The molecule has 0 radical (unpaired) electrons. The van der Waals surface area contributed by atoms with Crippen LogP contribution in [0.4, 0.5) is 15.8 Å². The van der Waals surface area contributed by atoms with E-state index in [4.69, 9.17) is 11.6 Å². The summed E-state index contributed by atoms with van der Waals surface area (Å²) in [5.41, 5.74) is 1.60. The molecule has 38 heavy (non-hydrogen) atoms. The highest BCUT2D eigenvalue weighted by Gasteiger charge is 2.52. The molecule has 4 rings (SSSR count). The van der Waals surface area contributed by atoms with Crippen LogP contribution in [-0.2, 0) is 14.8 Å². The predicted molar refractivity (Wildman–Crippen MR) is 151 cm³/mol. The quantitative estimate of drug-likeness (QED) is 0.316. The molecule has 2 N–H and O–H groups in total. The Labute approximate surface area is 227 Å². The molecular weight excluding hydrogens is 526 g/mol. The molecule has 1 saturated heterocycles.